The number of hydrogen-bond donors (Lipinski definition) is 1. The van der Waals surface area contributed by atoms with Gasteiger partial charge in [-0.15, -0.1) is 0 Å². The molecule has 1 atom stereocenters. The Balaban J connectivity index is 1.67. The maximum absolute atomic E-state index is 12.8. The lowest BCUT2D eigenvalue weighted by molar-refractivity contribution is 0.0926. The van der Waals surface area contributed by atoms with E-state index >= 15 is 0 Å². The summed E-state index contributed by atoms with van der Waals surface area (Å²) in [6, 6.07) is 11.6. The Bertz CT molecular complexity index is 971. The maximum Gasteiger partial charge on any atom is 0.253 e. The summed E-state index contributed by atoms with van der Waals surface area (Å²) in [5, 5.41) is 3.01. The van der Waals surface area contributed by atoms with Crippen LogP contribution < -0.4 is 10.1 Å². The molecule has 156 valence electrons. The highest BCUT2D eigenvalue weighted by molar-refractivity contribution is 7.89. The molecule has 1 saturated heterocycles. The van der Waals surface area contributed by atoms with Crippen LogP contribution in [0.5, 0.6) is 5.75 Å². The summed E-state index contributed by atoms with van der Waals surface area (Å²) in [4.78, 5) is 12.8. The summed E-state index contributed by atoms with van der Waals surface area (Å²) in [7, 11) is -3.62. The van der Waals surface area contributed by atoms with Gasteiger partial charge in [0.15, 0.2) is 0 Å². The van der Waals surface area contributed by atoms with Crippen LogP contribution in [0.3, 0.4) is 0 Å². The van der Waals surface area contributed by atoms with Crippen LogP contribution in [0.25, 0.3) is 0 Å². The number of halogens is 1. The molecule has 1 amide bonds. The Morgan fingerprint density at radius 1 is 1.17 bits per heavy atom. The van der Waals surface area contributed by atoms with Gasteiger partial charge in [-0.2, -0.15) is 4.31 Å². The van der Waals surface area contributed by atoms with Crippen molar-refractivity contribution in [3.8, 4) is 5.75 Å². The summed E-state index contributed by atoms with van der Waals surface area (Å²) in [6.45, 7) is 5.08. The van der Waals surface area contributed by atoms with Crippen LogP contribution in [-0.2, 0) is 10.0 Å². The van der Waals surface area contributed by atoms with Gasteiger partial charge < -0.3 is 10.1 Å². The van der Waals surface area contributed by atoms with Crippen molar-refractivity contribution in [3.05, 3.63) is 58.6 Å². The Morgan fingerprint density at radius 3 is 2.48 bits per heavy atom. The van der Waals surface area contributed by atoms with Gasteiger partial charge in [0.2, 0.25) is 10.0 Å². The number of nitrogens with zero attached hydrogens (tertiary/aromatic N) is 1. The van der Waals surface area contributed by atoms with Crippen molar-refractivity contribution in [3.63, 3.8) is 0 Å². The lowest BCUT2D eigenvalue weighted by atomic mass is 10.2. The lowest BCUT2D eigenvalue weighted by Crippen LogP contribution is -2.37. The zero-order valence-corrected chi connectivity index (χ0v) is 18.1. The lowest BCUT2D eigenvalue weighted by Gasteiger charge is -2.18. The van der Waals surface area contributed by atoms with E-state index in [1.54, 1.807) is 0 Å². The van der Waals surface area contributed by atoms with Crippen molar-refractivity contribution in [1.29, 1.82) is 0 Å². The molecule has 1 aliphatic rings. The highest BCUT2D eigenvalue weighted by atomic mass is 35.5. The fourth-order valence-electron chi connectivity index (χ4n) is 3.12. The van der Waals surface area contributed by atoms with E-state index in [2.05, 4.69) is 5.32 Å². The SMILES string of the molecule is Cc1ccc(OCC(C)NC(=O)c2cc(S(=O)(=O)N3CCCC3)ccc2Cl)cc1. The number of amides is 1. The highest BCUT2D eigenvalue weighted by Crippen LogP contribution is 2.25. The fraction of sp³-hybridized carbons (Fsp3) is 0.381. The summed E-state index contributed by atoms with van der Waals surface area (Å²) in [6.07, 6.45) is 1.69. The number of rotatable bonds is 7. The molecule has 0 saturated carbocycles. The summed E-state index contributed by atoms with van der Waals surface area (Å²) in [5.74, 6) is 0.280. The average Bonchev–Trinajstić information content (AvgIpc) is 3.23. The molecule has 2 aromatic rings. The molecular formula is C21H25ClN2O4S. The molecular weight excluding hydrogens is 412 g/mol. The van der Waals surface area contributed by atoms with Crippen molar-refractivity contribution in [2.45, 2.75) is 37.6 Å². The zero-order chi connectivity index (χ0) is 21.0. The number of nitrogens with one attached hydrogen (secondary N) is 1. The maximum atomic E-state index is 12.8. The number of sulfonamides is 1. The van der Waals surface area contributed by atoms with E-state index in [1.165, 1.54) is 22.5 Å². The molecule has 0 aliphatic carbocycles. The van der Waals surface area contributed by atoms with Gasteiger partial charge in [0.05, 0.1) is 21.5 Å². The zero-order valence-electron chi connectivity index (χ0n) is 16.5. The van der Waals surface area contributed by atoms with Crippen LogP contribution in [0.4, 0.5) is 0 Å². The van der Waals surface area contributed by atoms with Crippen molar-refractivity contribution < 1.29 is 17.9 Å². The first-order chi connectivity index (χ1) is 13.8. The van der Waals surface area contributed by atoms with Crippen molar-refractivity contribution in [1.82, 2.24) is 9.62 Å². The van der Waals surface area contributed by atoms with Gasteiger partial charge in [0.1, 0.15) is 12.4 Å². The van der Waals surface area contributed by atoms with Crippen molar-refractivity contribution >= 4 is 27.5 Å². The minimum atomic E-state index is -3.62. The minimum absolute atomic E-state index is 0.0810. The predicted octanol–water partition coefficient (Wildman–Crippen LogP) is 3.63. The first-order valence-corrected chi connectivity index (χ1v) is 11.4. The number of carbonyl (C=O) groups excluding carboxylic acids is 1. The second-order valence-corrected chi connectivity index (χ2v) is 9.60. The van der Waals surface area contributed by atoms with E-state index in [0.29, 0.717) is 18.8 Å². The molecule has 0 bridgehead atoms. The van der Waals surface area contributed by atoms with E-state index < -0.39 is 15.9 Å². The first kappa shape index (κ1) is 21.6. The van der Waals surface area contributed by atoms with Crippen LogP contribution in [0.2, 0.25) is 5.02 Å². The third-order valence-electron chi connectivity index (χ3n) is 4.78. The van der Waals surface area contributed by atoms with Crippen LogP contribution in [0, 0.1) is 6.92 Å². The first-order valence-electron chi connectivity index (χ1n) is 9.57. The molecule has 1 heterocycles. The topological polar surface area (TPSA) is 75.7 Å². The molecule has 0 spiro atoms. The molecule has 29 heavy (non-hydrogen) atoms. The normalized spacial score (nSPS) is 15.8. The van der Waals surface area contributed by atoms with Gasteiger partial charge in [-0.25, -0.2) is 8.42 Å². The Kier molecular flexibility index (Phi) is 6.82. The number of benzene rings is 2. The molecule has 1 N–H and O–H groups in total. The van der Waals surface area contributed by atoms with E-state index in [1.807, 2.05) is 38.1 Å². The Morgan fingerprint density at radius 2 is 1.83 bits per heavy atom. The second-order valence-electron chi connectivity index (χ2n) is 7.25. The van der Waals surface area contributed by atoms with Gasteiger partial charge in [0.25, 0.3) is 5.91 Å². The number of hydrogen-bond acceptors (Lipinski definition) is 4. The smallest absolute Gasteiger partial charge is 0.253 e. The summed E-state index contributed by atoms with van der Waals surface area (Å²) >= 11 is 6.17. The summed E-state index contributed by atoms with van der Waals surface area (Å²) in [5.41, 5.74) is 1.27. The third-order valence-corrected chi connectivity index (χ3v) is 7.01. The molecule has 2 aromatic carbocycles. The minimum Gasteiger partial charge on any atom is -0.491 e. The quantitative estimate of drug-likeness (QED) is 0.719. The Hall–Kier alpha value is -2.09. The summed E-state index contributed by atoms with van der Waals surface area (Å²) < 4.78 is 32.6. The van der Waals surface area contributed by atoms with Crippen LogP contribution in [-0.4, -0.2) is 44.4 Å². The van der Waals surface area contributed by atoms with Crippen molar-refractivity contribution in [2.24, 2.45) is 0 Å². The van der Waals surface area contributed by atoms with Crippen LogP contribution in [0.15, 0.2) is 47.4 Å². The molecule has 8 heteroatoms. The fourth-order valence-corrected chi connectivity index (χ4v) is 4.86. The Labute approximate surface area is 176 Å². The molecule has 6 nitrogen and oxygen atoms in total. The van der Waals surface area contributed by atoms with Gasteiger partial charge in [0, 0.05) is 13.1 Å². The molecule has 3 rings (SSSR count). The average molecular weight is 437 g/mol. The van der Waals surface area contributed by atoms with Gasteiger partial charge >= 0.3 is 0 Å². The highest BCUT2D eigenvalue weighted by Gasteiger charge is 2.28. The second kappa shape index (κ2) is 9.15. The number of ether oxygens (including phenoxy) is 1. The van der Waals surface area contributed by atoms with E-state index in [9.17, 15) is 13.2 Å². The predicted molar refractivity (Wildman–Crippen MR) is 113 cm³/mol. The van der Waals surface area contributed by atoms with E-state index in [0.717, 1.165) is 18.4 Å². The number of carbonyl (C=O) groups is 1. The third kappa shape index (κ3) is 5.29. The van der Waals surface area contributed by atoms with Gasteiger partial charge in [-0.1, -0.05) is 29.3 Å². The van der Waals surface area contributed by atoms with Gasteiger partial charge in [-0.05, 0) is 57.0 Å². The molecule has 1 unspecified atom stereocenters. The standard InChI is InChI=1S/C21H25ClN2O4S/c1-15-5-7-17(8-6-15)28-14-16(2)23-21(25)19-13-18(9-10-20(19)22)29(26,27)24-11-3-4-12-24/h5-10,13,16H,3-4,11-12,14H2,1-2H3,(H,23,25). The molecule has 1 fully saturated rings. The largest absolute Gasteiger partial charge is 0.491 e. The van der Waals surface area contributed by atoms with E-state index in [-0.39, 0.29) is 28.1 Å². The van der Waals surface area contributed by atoms with Crippen LogP contribution in [0.1, 0.15) is 35.7 Å². The van der Waals surface area contributed by atoms with Crippen LogP contribution >= 0.6 is 11.6 Å². The number of aryl methyl sites for hydroxylation is 1. The molecule has 0 radical (unpaired) electrons. The molecule has 0 aromatic heterocycles. The van der Waals surface area contributed by atoms with E-state index in [4.69, 9.17) is 16.3 Å². The van der Waals surface area contributed by atoms with Gasteiger partial charge in [-0.3, -0.25) is 4.79 Å². The monoisotopic (exact) mass is 436 g/mol. The van der Waals surface area contributed by atoms with Crippen molar-refractivity contribution in [2.75, 3.05) is 19.7 Å². The molecule has 1 aliphatic heterocycles.